The molecule has 5 aromatic rings. The topological polar surface area (TPSA) is 128 Å². The van der Waals surface area contributed by atoms with Crippen LogP contribution in [0.25, 0.3) is 16.6 Å². The molecule has 67 heavy (non-hydrogen) atoms. The zero-order valence-corrected chi connectivity index (χ0v) is 39.1. The van der Waals surface area contributed by atoms with Gasteiger partial charge in [0.1, 0.15) is 29.2 Å². The predicted molar refractivity (Wildman–Crippen MR) is 261 cm³/mol. The normalized spacial score (nSPS) is 19.0. The summed E-state index contributed by atoms with van der Waals surface area (Å²) < 4.78 is 25.0. The van der Waals surface area contributed by atoms with Crippen LogP contribution in [0.1, 0.15) is 61.5 Å². The van der Waals surface area contributed by atoms with Crippen LogP contribution in [0.4, 0.5) is 0 Å². The smallest absolute Gasteiger partial charge is 0.310 e. The molecule has 2 bridgehead atoms. The molecule has 3 saturated heterocycles. The number of allylic oxidation sites excluding steroid dienone is 2. The van der Waals surface area contributed by atoms with Gasteiger partial charge in [0.05, 0.1) is 43.3 Å². The highest BCUT2D eigenvalue weighted by molar-refractivity contribution is 5.79. The van der Waals surface area contributed by atoms with Crippen LogP contribution in [0.2, 0.25) is 0 Å². The van der Waals surface area contributed by atoms with Crippen LogP contribution in [-0.2, 0) is 33.8 Å². The molecule has 13 heteroatoms. The Balaban J connectivity index is 0.729. The number of carbonyl (C=O) groups excluding carboxylic acids is 2. The van der Waals surface area contributed by atoms with E-state index in [0.29, 0.717) is 91.9 Å². The molecular formula is C54H64N6O7. The van der Waals surface area contributed by atoms with E-state index >= 15 is 0 Å². The van der Waals surface area contributed by atoms with Crippen LogP contribution in [0, 0.1) is 6.92 Å². The van der Waals surface area contributed by atoms with Crippen molar-refractivity contribution in [2.45, 2.75) is 83.6 Å². The molecule has 3 fully saturated rings. The van der Waals surface area contributed by atoms with E-state index in [0.717, 1.165) is 61.2 Å². The molecule has 13 nitrogen and oxygen atoms in total. The molecular weight excluding hydrogens is 845 g/mol. The number of hydrogen-bond acceptors (Lipinski definition) is 11. The molecule has 0 saturated carbocycles. The SMILES string of the molecule is CCOc1ccccc1-n1c(CN2CCN(C(=O)COc3ccc(CNC/C=C/C=C/CN4C5CCCC4CC(OC(=O)Cc4cc(C)ccc4OC)C5)cc3)CC2)nc2ccccc2c1=O. The maximum atomic E-state index is 13.9. The van der Waals surface area contributed by atoms with Gasteiger partial charge in [-0.1, -0.05) is 84.8 Å². The van der Waals surface area contributed by atoms with E-state index in [9.17, 15) is 14.4 Å². The molecule has 1 N–H and O–H groups in total. The number of benzene rings is 4. The van der Waals surface area contributed by atoms with E-state index in [1.165, 1.54) is 6.42 Å². The Kier molecular flexibility index (Phi) is 16.2. The van der Waals surface area contributed by atoms with Gasteiger partial charge in [0.2, 0.25) is 0 Å². The second kappa shape index (κ2) is 23.0. The monoisotopic (exact) mass is 908 g/mol. The minimum absolute atomic E-state index is 0.0315. The zero-order chi connectivity index (χ0) is 46.5. The number of nitrogens with one attached hydrogen (secondary N) is 1. The van der Waals surface area contributed by atoms with E-state index in [-0.39, 0.29) is 36.6 Å². The fourth-order valence-electron chi connectivity index (χ4n) is 9.71. The van der Waals surface area contributed by atoms with Crippen molar-refractivity contribution in [3.8, 4) is 22.9 Å². The number of nitrogens with zero attached hydrogens (tertiary/aromatic N) is 5. The Bertz CT molecular complexity index is 2570. The Labute approximate surface area is 394 Å². The number of piperidine rings is 2. The Morgan fingerprint density at radius 2 is 1.60 bits per heavy atom. The van der Waals surface area contributed by atoms with Crippen molar-refractivity contribution in [3.05, 3.63) is 148 Å². The molecule has 0 spiro atoms. The zero-order valence-electron chi connectivity index (χ0n) is 39.1. The maximum Gasteiger partial charge on any atom is 0.310 e. The average molecular weight is 909 g/mol. The minimum atomic E-state index is -0.179. The number of methoxy groups -OCH3 is 1. The van der Waals surface area contributed by atoms with Gasteiger partial charge in [-0.2, -0.15) is 0 Å². The van der Waals surface area contributed by atoms with Crippen molar-refractivity contribution in [1.82, 2.24) is 29.6 Å². The van der Waals surface area contributed by atoms with Crippen LogP contribution >= 0.6 is 0 Å². The fourth-order valence-corrected chi connectivity index (χ4v) is 9.71. The third kappa shape index (κ3) is 12.2. The van der Waals surface area contributed by atoms with Gasteiger partial charge in [-0.3, -0.25) is 28.8 Å². The molecule has 352 valence electrons. The Morgan fingerprint density at radius 1 is 0.851 bits per heavy atom. The summed E-state index contributed by atoms with van der Waals surface area (Å²) in [5.74, 6) is 2.40. The number of para-hydroxylation sites is 3. The first-order valence-corrected chi connectivity index (χ1v) is 23.8. The van der Waals surface area contributed by atoms with Gasteiger partial charge in [0, 0.05) is 76.3 Å². The summed E-state index contributed by atoms with van der Waals surface area (Å²) in [7, 11) is 1.63. The standard InChI is InChI=1S/C54H64N6O7/c1-4-65-50-19-10-9-18-48(50)60-51(56-47-17-8-7-16-46(47)54(60)63)37-57-28-30-58(31-29-57)52(61)38-66-44-23-21-40(22-24-44)36-55-26-11-5-6-12-27-59-42-14-13-15-43(59)35-45(34-42)67-53(62)33-41-32-39(2)20-25-49(41)64-3/h5-12,16-25,32,42-43,45,55H,4,13-15,26-31,33-38H2,1-3H3/b11-5+,12-6+. The van der Waals surface area contributed by atoms with E-state index in [1.807, 2.05) is 104 Å². The molecule has 4 heterocycles. The van der Waals surface area contributed by atoms with Crippen molar-refractivity contribution in [2.75, 3.05) is 59.6 Å². The quantitative estimate of drug-likeness (QED) is 0.0514. The molecule has 0 radical (unpaired) electrons. The van der Waals surface area contributed by atoms with Crippen LogP contribution < -0.4 is 25.1 Å². The van der Waals surface area contributed by atoms with Crippen molar-refractivity contribution in [2.24, 2.45) is 0 Å². The summed E-state index contributed by atoms with van der Waals surface area (Å²) in [4.78, 5) is 51.6. The third-order valence-electron chi connectivity index (χ3n) is 13.1. The first kappa shape index (κ1) is 47.2. The van der Waals surface area contributed by atoms with Crippen LogP contribution in [-0.4, -0.2) is 114 Å². The van der Waals surface area contributed by atoms with E-state index in [2.05, 4.69) is 39.4 Å². The van der Waals surface area contributed by atoms with Gasteiger partial charge >= 0.3 is 5.97 Å². The van der Waals surface area contributed by atoms with Crippen molar-refractivity contribution < 1.29 is 28.5 Å². The second-order valence-electron chi connectivity index (χ2n) is 17.7. The molecule has 3 aliphatic heterocycles. The molecule has 1 amide bonds. The number of hydrogen-bond donors (Lipinski definition) is 1. The highest BCUT2D eigenvalue weighted by atomic mass is 16.5. The number of rotatable bonds is 19. The second-order valence-corrected chi connectivity index (χ2v) is 17.7. The van der Waals surface area contributed by atoms with Crippen LogP contribution in [0.5, 0.6) is 17.2 Å². The molecule has 4 aromatic carbocycles. The summed E-state index contributed by atoms with van der Waals surface area (Å²) in [5.41, 5.74) is 4.28. The Hall–Kier alpha value is -6.28. The number of ether oxygens (including phenoxy) is 4. The molecule has 1 aromatic heterocycles. The van der Waals surface area contributed by atoms with Crippen molar-refractivity contribution >= 4 is 22.8 Å². The number of aryl methyl sites for hydroxylation is 1. The lowest BCUT2D eigenvalue weighted by Crippen LogP contribution is -2.54. The minimum Gasteiger partial charge on any atom is -0.496 e. The highest BCUT2D eigenvalue weighted by Gasteiger charge is 2.39. The van der Waals surface area contributed by atoms with Gasteiger partial charge < -0.3 is 29.2 Å². The number of esters is 1. The first-order chi connectivity index (χ1) is 32.8. The lowest BCUT2D eigenvalue weighted by Gasteiger charge is -2.48. The number of fused-ring (bicyclic) bond motifs is 3. The molecule has 0 aliphatic carbocycles. The maximum absolute atomic E-state index is 13.9. The predicted octanol–water partition coefficient (Wildman–Crippen LogP) is 7.20. The van der Waals surface area contributed by atoms with Gasteiger partial charge in [-0.25, -0.2) is 4.98 Å². The van der Waals surface area contributed by atoms with Gasteiger partial charge in [0.25, 0.3) is 11.5 Å². The summed E-state index contributed by atoms with van der Waals surface area (Å²) >= 11 is 0. The molecule has 2 atom stereocenters. The fraction of sp³-hybridized carbons (Fsp3) is 0.407. The lowest BCUT2D eigenvalue weighted by molar-refractivity contribution is -0.154. The molecule has 8 rings (SSSR count). The molecule has 3 aliphatic rings. The van der Waals surface area contributed by atoms with E-state index < -0.39 is 0 Å². The van der Waals surface area contributed by atoms with Crippen LogP contribution in [0.15, 0.2) is 120 Å². The van der Waals surface area contributed by atoms with Crippen molar-refractivity contribution in [1.29, 1.82) is 0 Å². The van der Waals surface area contributed by atoms with E-state index in [4.69, 9.17) is 23.9 Å². The number of aromatic nitrogens is 2. The van der Waals surface area contributed by atoms with Gasteiger partial charge in [-0.05, 0) is 74.7 Å². The largest absolute Gasteiger partial charge is 0.496 e. The van der Waals surface area contributed by atoms with Crippen LogP contribution in [0.3, 0.4) is 0 Å². The first-order valence-electron chi connectivity index (χ1n) is 23.8. The lowest BCUT2D eigenvalue weighted by atomic mass is 9.83. The van der Waals surface area contributed by atoms with E-state index in [1.54, 1.807) is 17.7 Å². The Morgan fingerprint density at radius 3 is 2.37 bits per heavy atom. The average Bonchev–Trinajstić information content (AvgIpc) is 3.33. The summed E-state index contributed by atoms with van der Waals surface area (Å²) in [5, 5.41) is 4.02. The summed E-state index contributed by atoms with van der Waals surface area (Å²) in [6.07, 6.45) is 14.0. The highest BCUT2D eigenvalue weighted by Crippen LogP contribution is 2.35. The number of piperazine rings is 1. The summed E-state index contributed by atoms with van der Waals surface area (Å²) in [6, 6.07) is 29.6. The third-order valence-corrected chi connectivity index (χ3v) is 13.1. The number of carbonyl (C=O) groups is 2. The number of amides is 1. The molecule has 2 unspecified atom stereocenters. The van der Waals surface area contributed by atoms with Crippen molar-refractivity contribution in [3.63, 3.8) is 0 Å². The van der Waals surface area contributed by atoms with Gasteiger partial charge in [0.15, 0.2) is 6.61 Å². The summed E-state index contributed by atoms with van der Waals surface area (Å²) in [6.45, 7) is 9.57. The van der Waals surface area contributed by atoms with Gasteiger partial charge in [-0.15, -0.1) is 0 Å².